The Morgan fingerprint density at radius 3 is 2.13 bits per heavy atom. The second kappa shape index (κ2) is 5.33. The lowest BCUT2D eigenvalue weighted by molar-refractivity contribution is 0.00578. The van der Waals surface area contributed by atoms with Gasteiger partial charge in [0.15, 0.2) is 0 Å². The molecular formula is C19H27BO3. The third-order valence-corrected chi connectivity index (χ3v) is 5.88. The van der Waals surface area contributed by atoms with Gasteiger partial charge in [-0.1, -0.05) is 18.2 Å². The van der Waals surface area contributed by atoms with Crippen molar-refractivity contribution >= 4 is 12.6 Å². The van der Waals surface area contributed by atoms with Crippen LogP contribution in [0, 0.1) is 0 Å². The molecule has 1 aliphatic carbocycles. The van der Waals surface area contributed by atoms with Gasteiger partial charge in [0.05, 0.1) is 17.3 Å². The predicted octanol–water partition coefficient (Wildman–Crippen LogP) is 3.71. The van der Waals surface area contributed by atoms with Gasteiger partial charge in [0.1, 0.15) is 0 Å². The molecule has 0 bridgehead atoms. The third kappa shape index (κ3) is 2.86. The molecule has 0 amide bonds. The average molecular weight is 314 g/mol. The van der Waals surface area contributed by atoms with E-state index in [-0.39, 0.29) is 24.4 Å². The van der Waals surface area contributed by atoms with Crippen molar-refractivity contribution in [1.29, 1.82) is 0 Å². The Hall–Kier alpha value is -0.835. The van der Waals surface area contributed by atoms with Crippen molar-refractivity contribution in [2.75, 3.05) is 6.61 Å². The molecule has 124 valence electrons. The molecule has 1 saturated carbocycles. The molecule has 3 nitrogen and oxygen atoms in total. The highest BCUT2D eigenvalue weighted by atomic mass is 16.7. The number of rotatable bonds is 3. The number of ether oxygens (including phenoxy) is 1. The van der Waals surface area contributed by atoms with E-state index in [2.05, 4.69) is 45.9 Å². The van der Waals surface area contributed by atoms with Crippen LogP contribution in [0.3, 0.4) is 0 Å². The van der Waals surface area contributed by atoms with Crippen LogP contribution in [0.2, 0.25) is 0 Å². The average Bonchev–Trinajstić information content (AvgIpc) is 3.14. The second-order valence-corrected chi connectivity index (χ2v) is 8.30. The summed E-state index contributed by atoms with van der Waals surface area (Å²) in [5, 5.41) is 0. The first kappa shape index (κ1) is 15.7. The molecule has 3 fully saturated rings. The number of hydrogen-bond donors (Lipinski definition) is 0. The van der Waals surface area contributed by atoms with Gasteiger partial charge < -0.3 is 14.0 Å². The fraction of sp³-hybridized carbons (Fsp3) is 0.684. The molecule has 0 radical (unpaired) electrons. The standard InChI is InChI=1S/C19H27BO3/c1-18(2)19(3,4)23-20(22-18)16-11-14(13-7-8-13)10-15(12-16)17-6-5-9-21-17/h10-13,17H,5-9H2,1-4H3. The van der Waals surface area contributed by atoms with Crippen LogP contribution < -0.4 is 5.46 Å². The smallest absolute Gasteiger partial charge is 0.399 e. The minimum atomic E-state index is -0.294. The molecule has 1 aromatic carbocycles. The van der Waals surface area contributed by atoms with Gasteiger partial charge in [-0.25, -0.2) is 0 Å². The zero-order valence-corrected chi connectivity index (χ0v) is 14.7. The highest BCUT2D eigenvalue weighted by Gasteiger charge is 2.52. The Balaban J connectivity index is 1.68. The van der Waals surface area contributed by atoms with Crippen LogP contribution in [0.4, 0.5) is 0 Å². The van der Waals surface area contributed by atoms with Crippen LogP contribution >= 0.6 is 0 Å². The molecule has 3 aliphatic rings. The molecule has 4 rings (SSSR count). The Kier molecular flexibility index (Phi) is 3.64. The van der Waals surface area contributed by atoms with Crippen LogP contribution in [-0.2, 0) is 14.0 Å². The van der Waals surface area contributed by atoms with Gasteiger partial charge in [-0.05, 0) is 75.9 Å². The van der Waals surface area contributed by atoms with Crippen molar-refractivity contribution < 1.29 is 14.0 Å². The first-order valence-electron chi connectivity index (χ1n) is 8.98. The van der Waals surface area contributed by atoms with Crippen LogP contribution in [-0.4, -0.2) is 24.9 Å². The maximum absolute atomic E-state index is 6.26. The van der Waals surface area contributed by atoms with Gasteiger partial charge in [-0.15, -0.1) is 0 Å². The van der Waals surface area contributed by atoms with E-state index in [9.17, 15) is 0 Å². The van der Waals surface area contributed by atoms with Crippen molar-refractivity contribution in [2.24, 2.45) is 0 Å². The van der Waals surface area contributed by atoms with Crippen molar-refractivity contribution in [3.05, 3.63) is 29.3 Å². The Morgan fingerprint density at radius 1 is 0.913 bits per heavy atom. The van der Waals surface area contributed by atoms with E-state index < -0.39 is 0 Å². The zero-order chi connectivity index (χ0) is 16.2. The van der Waals surface area contributed by atoms with Crippen molar-refractivity contribution in [2.45, 2.75) is 76.6 Å². The molecule has 2 aliphatic heterocycles. The summed E-state index contributed by atoms with van der Waals surface area (Å²) in [6.07, 6.45) is 5.13. The van der Waals surface area contributed by atoms with Gasteiger partial charge in [0.2, 0.25) is 0 Å². The molecule has 2 heterocycles. The van der Waals surface area contributed by atoms with Gasteiger partial charge >= 0.3 is 7.12 Å². The summed E-state index contributed by atoms with van der Waals surface area (Å²) in [7, 11) is -0.279. The topological polar surface area (TPSA) is 27.7 Å². The third-order valence-electron chi connectivity index (χ3n) is 5.88. The van der Waals surface area contributed by atoms with E-state index in [0.717, 1.165) is 30.8 Å². The second-order valence-electron chi connectivity index (χ2n) is 8.30. The number of hydrogen-bond acceptors (Lipinski definition) is 3. The van der Waals surface area contributed by atoms with Crippen LogP contribution in [0.25, 0.3) is 0 Å². The highest BCUT2D eigenvalue weighted by molar-refractivity contribution is 6.62. The molecule has 1 aromatic rings. The predicted molar refractivity (Wildman–Crippen MR) is 92.1 cm³/mol. The number of benzene rings is 1. The molecule has 4 heteroatoms. The first-order chi connectivity index (χ1) is 10.9. The molecule has 23 heavy (non-hydrogen) atoms. The SMILES string of the molecule is CC1(C)OB(c2cc(C3CC3)cc(C3CCCO3)c2)OC1(C)C. The molecule has 2 saturated heterocycles. The summed E-state index contributed by atoms with van der Waals surface area (Å²) < 4.78 is 18.4. The lowest BCUT2D eigenvalue weighted by Gasteiger charge is -2.32. The quantitative estimate of drug-likeness (QED) is 0.796. The molecule has 0 spiro atoms. The summed E-state index contributed by atoms with van der Waals surface area (Å²) in [5.74, 6) is 0.720. The highest BCUT2D eigenvalue weighted by Crippen LogP contribution is 2.42. The molecule has 0 N–H and O–H groups in total. The molecule has 0 aromatic heterocycles. The Labute approximate surface area is 139 Å². The Bertz CT molecular complexity index is 585. The summed E-state index contributed by atoms with van der Waals surface area (Å²) >= 11 is 0. The summed E-state index contributed by atoms with van der Waals surface area (Å²) in [4.78, 5) is 0. The fourth-order valence-electron chi connectivity index (χ4n) is 3.50. The van der Waals surface area contributed by atoms with Crippen molar-refractivity contribution in [3.63, 3.8) is 0 Å². The minimum absolute atomic E-state index is 0.245. The normalized spacial score (nSPS) is 29.2. The maximum Gasteiger partial charge on any atom is 0.494 e. The van der Waals surface area contributed by atoms with Crippen LogP contribution in [0.1, 0.15) is 76.5 Å². The van der Waals surface area contributed by atoms with Crippen LogP contribution in [0.5, 0.6) is 0 Å². The lowest BCUT2D eigenvalue weighted by atomic mass is 9.76. The molecule has 1 unspecified atom stereocenters. The van der Waals surface area contributed by atoms with E-state index in [1.54, 1.807) is 0 Å². The van der Waals surface area contributed by atoms with Gasteiger partial charge in [-0.3, -0.25) is 0 Å². The summed E-state index contributed by atoms with van der Waals surface area (Å²) in [6, 6.07) is 6.88. The lowest BCUT2D eigenvalue weighted by Crippen LogP contribution is -2.41. The monoisotopic (exact) mass is 314 g/mol. The first-order valence-corrected chi connectivity index (χ1v) is 8.98. The summed E-state index contributed by atoms with van der Waals surface area (Å²) in [6.45, 7) is 9.32. The van der Waals surface area contributed by atoms with E-state index in [4.69, 9.17) is 14.0 Å². The van der Waals surface area contributed by atoms with Gasteiger partial charge in [0.25, 0.3) is 0 Å². The van der Waals surface area contributed by atoms with Gasteiger partial charge in [-0.2, -0.15) is 0 Å². The van der Waals surface area contributed by atoms with E-state index >= 15 is 0 Å². The van der Waals surface area contributed by atoms with Crippen molar-refractivity contribution in [3.8, 4) is 0 Å². The van der Waals surface area contributed by atoms with Crippen LogP contribution in [0.15, 0.2) is 18.2 Å². The zero-order valence-electron chi connectivity index (χ0n) is 14.7. The van der Waals surface area contributed by atoms with E-state index in [0.29, 0.717) is 0 Å². The van der Waals surface area contributed by atoms with E-state index in [1.165, 1.54) is 24.0 Å². The van der Waals surface area contributed by atoms with E-state index in [1.807, 2.05) is 0 Å². The fourth-order valence-corrected chi connectivity index (χ4v) is 3.50. The maximum atomic E-state index is 6.26. The summed E-state index contributed by atoms with van der Waals surface area (Å²) in [5.41, 5.74) is 3.30. The Morgan fingerprint density at radius 2 is 1.57 bits per heavy atom. The van der Waals surface area contributed by atoms with Gasteiger partial charge in [0, 0.05) is 6.61 Å². The minimum Gasteiger partial charge on any atom is -0.399 e. The van der Waals surface area contributed by atoms with Crippen molar-refractivity contribution in [1.82, 2.24) is 0 Å². The molecular weight excluding hydrogens is 287 g/mol. The molecule has 1 atom stereocenters. The largest absolute Gasteiger partial charge is 0.494 e.